The Balaban J connectivity index is 1.51. The molecule has 10 heteroatoms. The Morgan fingerprint density at radius 3 is 2.46 bits per heavy atom. The number of nitrogens with one attached hydrogen (secondary N) is 2. The van der Waals surface area contributed by atoms with Crippen molar-refractivity contribution in [1.82, 2.24) is 4.90 Å². The van der Waals surface area contributed by atoms with Crippen molar-refractivity contribution in [2.45, 2.75) is 25.8 Å². The van der Waals surface area contributed by atoms with Crippen molar-refractivity contribution in [3.63, 3.8) is 0 Å². The van der Waals surface area contributed by atoms with Gasteiger partial charge in [-0.05, 0) is 43.3 Å². The van der Waals surface area contributed by atoms with Crippen molar-refractivity contribution < 1.29 is 28.8 Å². The highest BCUT2D eigenvalue weighted by atomic mass is 35.5. The van der Waals surface area contributed by atoms with Crippen LogP contribution in [0, 0.1) is 0 Å². The van der Waals surface area contributed by atoms with E-state index in [9.17, 15) is 19.2 Å². The Bertz CT molecular complexity index is 1270. The lowest BCUT2D eigenvalue weighted by molar-refractivity contribution is -0.885. The third kappa shape index (κ3) is 5.52. The number of nitrogens with zero attached hydrogens (tertiary/aromatic N) is 2. The van der Waals surface area contributed by atoms with Gasteiger partial charge in [0.25, 0.3) is 17.7 Å². The molecular weight excluding hydrogens is 496 g/mol. The molecule has 0 unspecified atom stereocenters. The van der Waals surface area contributed by atoms with E-state index in [0.717, 1.165) is 30.8 Å². The average molecular weight is 526 g/mol. The maximum atomic E-state index is 13.2. The second-order valence-corrected chi connectivity index (χ2v) is 9.59. The molecule has 0 atom stereocenters. The summed E-state index contributed by atoms with van der Waals surface area (Å²) in [5.74, 6) is -2.06. The molecule has 2 N–H and O–H groups in total. The van der Waals surface area contributed by atoms with Crippen molar-refractivity contribution in [2.24, 2.45) is 0 Å². The molecule has 3 amide bonds. The molecule has 0 aliphatic carbocycles. The van der Waals surface area contributed by atoms with Crippen molar-refractivity contribution in [3.8, 4) is 0 Å². The number of carbonyl (C=O) groups excluding carboxylic acids is 4. The zero-order valence-electron chi connectivity index (χ0n) is 21.0. The molecule has 0 saturated carbocycles. The van der Waals surface area contributed by atoms with Crippen molar-refractivity contribution in [1.29, 1.82) is 0 Å². The van der Waals surface area contributed by atoms with Gasteiger partial charge in [0.2, 0.25) is 0 Å². The lowest BCUT2D eigenvalue weighted by Crippen LogP contribution is -3.10. The highest BCUT2D eigenvalue weighted by Crippen LogP contribution is 2.31. The summed E-state index contributed by atoms with van der Waals surface area (Å²) in [6, 6.07) is 13.0. The highest BCUT2D eigenvalue weighted by molar-refractivity contribution is 6.53. The molecule has 9 nitrogen and oxygen atoms in total. The average Bonchev–Trinajstić information content (AvgIpc) is 3.11. The molecule has 0 spiro atoms. The van der Waals surface area contributed by atoms with Crippen LogP contribution in [-0.2, 0) is 14.3 Å². The predicted molar refractivity (Wildman–Crippen MR) is 140 cm³/mol. The molecule has 2 heterocycles. The van der Waals surface area contributed by atoms with Crippen LogP contribution in [0.5, 0.6) is 0 Å². The van der Waals surface area contributed by atoms with Gasteiger partial charge in [0.15, 0.2) is 0 Å². The quantitative estimate of drug-likeness (QED) is 0.424. The minimum atomic E-state index is -0.716. The largest absolute Gasteiger partial charge is 0.462 e. The predicted octanol–water partition coefficient (Wildman–Crippen LogP) is 2.05. The minimum absolute atomic E-state index is 0.107. The number of esters is 1. The molecular formula is C27H30ClN4O5+. The summed E-state index contributed by atoms with van der Waals surface area (Å²) in [6.07, 6.45) is 1.89. The number of amides is 3. The number of rotatable bonds is 7. The molecule has 2 aromatic rings. The smallest absolute Gasteiger partial charge is 0.338 e. The maximum Gasteiger partial charge on any atom is 0.338 e. The summed E-state index contributed by atoms with van der Waals surface area (Å²) in [5, 5.41) is 2.63. The maximum absolute atomic E-state index is 13.2. The number of carbonyl (C=O) groups is 4. The summed E-state index contributed by atoms with van der Waals surface area (Å²) in [5.41, 5.74) is 1.21. The topological polar surface area (TPSA) is 100 Å². The SMILES string of the molecule is CCOC(=O)c1cccc(N2C(=O)C(Cl)=C(Nc3cccc(C(=O)N(C)C4CC[NH+](C)CC4)c3)C2=O)c1. The Morgan fingerprint density at radius 2 is 1.76 bits per heavy atom. The van der Waals surface area contributed by atoms with E-state index in [4.69, 9.17) is 16.3 Å². The van der Waals surface area contributed by atoms with Gasteiger partial charge < -0.3 is 19.9 Å². The number of hydrogen-bond donors (Lipinski definition) is 2. The molecule has 0 radical (unpaired) electrons. The molecule has 0 bridgehead atoms. The number of hydrogen-bond acceptors (Lipinski definition) is 6. The molecule has 2 aliphatic heterocycles. The van der Waals surface area contributed by atoms with E-state index in [1.807, 2.05) is 7.05 Å². The van der Waals surface area contributed by atoms with Crippen molar-refractivity contribution >= 4 is 46.7 Å². The second kappa shape index (κ2) is 11.1. The summed E-state index contributed by atoms with van der Waals surface area (Å²) in [4.78, 5) is 55.5. The van der Waals surface area contributed by atoms with E-state index >= 15 is 0 Å². The number of imide groups is 1. The Kier molecular flexibility index (Phi) is 7.94. The van der Waals surface area contributed by atoms with Crippen LogP contribution in [0.4, 0.5) is 11.4 Å². The van der Waals surface area contributed by atoms with Gasteiger partial charge in [-0.15, -0.1) is 0 Å². The first-order valence-corrected chi connectivity index (χ1v) is 12.6. The monoisotopic (exact) mass is 525 g/mol. The van der Waals surface area contributed by atoms with Crippen LogP contribution in [0.25, 0.3) is 0 Å². The van der Waals surface area contributed by atoms with Crippen LogP contribution < -0.4 is 15.1 Å². The molecule has 0 aromatic heterocycles. The van der Waals surface area contributed by atoms with E-state index in [-0.39, 0.29) is 40.5 Å². The van der Waals surface area contributed by atoms with Crippen molar-refractivity contribution in [2.75, 3.05) is 44.0 Å². The van der Waals surface area contributed by atoms with Crippen molar-refractivity contribution in [3.05, 3.63) is 70.4 Å². The molecule has 1 fully saturated rings. The van der Waals surface area contributed by atoms with Gasteiger partial charge in [-0.2, -0.15) is 0 Å². The number of halogens is 1. The number of likely N-dealkylation sites (tertiary alicyclic amines) is 1. The number of piperidine rings is 1. The first kappa shape index (κ1) is 26.4. The molecule has 2 aromatic carbocycles. The fraction of sp³-hybridized carbons (Fsp3) is 0.333. The second-order valence-electron chi connectivity index (χ2n) is 9.22. The van der Waals surface area contributed by atoms with E-state index < -0.39 is 17.8 Å². The van der Waals surface area contributed by atoms with Crippen LogP contribution in [0.2, 0.25) is 0 Å². The first-order valence-electron chi connectivity index (χ1n) is 12.2. The summed E-state index contributed by atoms with van der Waals surface area (Å²) in [6.45, 7) is 3.92. The number of benzene rings is 2. The molecule has 2 aliphatic rings. The fourth-order valence-electron chi connectivity index (χ4n) is 4.56. The lowest BCUT2D eigenvalue weighted by Gasteiger charge is -2.33. The number of anilines is 2. The van der Waals surface area contributed by atoms with Gasteiger partial charge in [0, 0.05) is 37.2 Å². The van der Waals surface area contributed by atoms with E-state index in [1.165, 1.54) is 23.1 Å². The first-order chi connectivity index (χ1) is 17.7. The molecule has 194 valence electrons. The van der Waals surface area contributed by atoms with Gasteiger partial charge in [-0.25, -0.2) is 9.69 Å². The Labute approximate surface area is 220 Å². The van der Waals surface area contributed by atoms with Crippen LogP contribution in [-0.4, -0.2) is 68.4 Å². The third-order valence-corrected chi connectivity index (χ3v) is 7.05. The number of quaternary nitrogens is 1. The summed E-state index contributed by atoms with van der Waals surface area (Å²) >= 11 is 6.27. The van der Waals surface area contributed by atoms with Gasteiger partial charge in [0.05, 0.1) is 38.0 Å². The summed E-state index contributed by atoms with van der Waals surface area (Å²) < 4.78 is 5.00. The zero-order chi connectivity index (χ0) is 26.7. The van der Waals surface area contributed by atoms with Crippen LogP contribution >= 0.6 is 11.6 Å². The van der Waals surface area contributed by atoms with Gasteiger partial charge in [-0.3, -0.25) is 14.4 Å². The Hall–Kier alpha value is -3.69. The molecule has 37 heavy (non-hydrogen) atoms. The van der Waals surface area contributed by atoms with Crippen LogP contribution in [0.1, 0.15) is 40.5 Å². The van der Waals surface area contributed by atoms with Crippen LogP contribution in [0.3, 0.4) is 0 Å². The fourth-order valence-corrected chi connectivity index (χ4v) is 4.77. The normalized spacial score (nSPS) is 19.7. The van der Waals surface area contributed by atoms with Gasteiger partial charge in [-0.1, -0.05) is 23.7 Å². The molecule has 4 rings (SSSR count). The van der Waals surface area contributed by atoms with E-state index in [2.05, 4.69) is 12.4 Å². The Morgan fingerprint density at radius 1 is 1.08 bits per heavy atom. The van der Waals surface area contributed by atoms with E-state index in [0.29, 0.717) is 11.3 Å². The third-order valence-electron chi connectivity index (χ3n) is 6.70. The summed E-state index contributed by atoms with van der Waals surface area (Å²) in [7, 11) is 3.97. The lowest BCUT2D eigenvalue weighted by atomic mass is 10.0. The number of ether oxygens (including phenoxy) is 1. The minimum Gasteiger partial charge on any atom is -0.462 e. The molecule has 1 saturated heterocycles. The zero-order valence-corrected chi connectivity index (χ0v) is 21.8. The van der Waals surface area contributed by atoms with Crippen LogP contribution in [0.15, 0.2) is 59.3 Å². The van der Waals surface area contributed by atoms with E-state index in [1.54, 1.807) is 42.2 Å². The van der Waals surface area contributed by atoms with Gasteiger partial charge >= 0.3 is 5.97 Å². The highest BCUT2D eigenvalue weighted by Gasteiger charge is 2.39. The standard InChI is InChI=1S/C27H29ClN4O5/c1-4-37-27(36)18-8-6-10-21(16-18)32-25(34)22(28)23(26(32)35)29-19-9-5-7-17(15-19)24(33)31(3)20-11-13-30(2)14-12-20/h5-10,15-16,20,29H,4,11-14H2,1-3H3/p+1. The van der Waals surface area contributed by atoms with Gasteiger partial charge in [0.1, 0.15) is 10.7 Å².